The third kappa shape index (κ3) is 6.15. The molecule has 35 heavy (non-hydrogen) atoms. The fraction of sp³-hybridized carbons (Fsp3) is 0.464. The van der Waals surface area contributed by atoms with Crippen molar-refractivity contribution in [2.75, 3.05) is 13.2 Å². The predicted molar refractivity (Wildman–Crippen MR) is 137 cm³/mol. The normalized spacial score (nSPS) is 18.7. The van der Waals surface area contributed by atoms with Gasteiger partial charge in [-0.3, -0.25) is 9.69 Å². The molecule has 0 aromatic heterocycles. The van der Waals surface area contributed by atoms with E-state index in [1.54, 1.807) is 11.0 Å². The molecular formula is C28H34ClN3O3. The topological polar surface area (TPSA) is 82.4 Å². The Bertz CT molecular complexity index is 1060. The summed E-state index contributed by atoms with van der Waals surface area (Å²) in [6.45, 7) is 6.82. The van der Waals surface area contributed by atoms with Crippen LogP contribution in [0.1, 0.15) is 69.1 Å². The molecular weight excluding hydrogens is 462 g/mol. The molecule has 2 amide bonds. The second kappa shape index (κ2) is 12.1. The number of nitrogens with zero attached hydrogens (tertiary/aromatic N) is 2. The van der Waals surface area contributed by atoms with Gasteiger partial charge in [-0.1, -0.05) is 56.1 Å². The highest BCUT2D eigenvalue weighted by Gasteiger charge is 2.53. The van der Waals surface area contributed by atoms with Gasteiger partial charge in [0.05, 0.1) is 18.2 Å². The van der Waals surface area contributed by atoms with Crippen molar-refractivity contribution >= 4 is 23.6 Å². The highest BCUT2D eigenvalue weighted by atomic mass is 35.5. The second-order valence-electron chi connectivity index (χ2n) is 9.19. The lowest BCUT2D eigenvalue weighted by Crippen LogP contribution is -2.69. The summed E-state index contributed by atoms with van der Waals surface area (Å²) < 4.78 is 5.40. The molecule has 2 aromatic rings. The number of carbonyl (C=O) groups is 2. The summed E-state index contributed by atoms with van der Waals surface area (Å²) in [5.41, 5.74) is 1.74. The van der Waals surface area contributed by atoms with E-state index in [1.807, 2.05) is 63.2 Å². The maximum absolute atomic E-state index is 13.6. The van der Waals surface area contributed by atoms with Crippen molar-refractivity contribution in [2.45, 2.75) is 70.4 Å². The van der Waals surface area contributed by atoms with Gasteiger partial charge in [0.15, 0.2) is 0 Å². The molecule has 2 unspecified atom stereocenters. The molecule has 0 aliphatic carbocycles. The zero-order valence-corrected chi connectivity index (χ0v) is 21.5. The number of halogens is 1. The van der Waals surface area contributed by atoms with Gasteiger partial charge in [-0.15, -0.1) is 0 Å². The molecule has 3 rings (SSSR count). The molecule has 7 heteroatoms. The Morgan fingerprint density at radius 2 is 1.97 bits per heavy atom. The summed E-state index contributed by atoms with van der Waals surface area (Å²) in [6, 6.07) is 17.1. The fourth-order valence-corrected chi connectivity index (χ4v) is 4.77. The van der Waals surface area contributed by atoms with Gasteiger partial charge in [-0.2, -0.15) is 5.26 Å². The number of likely N-dealkylation sites (tertiary alicyclic amines) is 1. The van der Waals surface area contributed by atoms with Crippen LogP contribution in [0.25, 0.3) is 0 Å². The Balaban J connectivity index is 1.80. The van der Waals surface area contributed by atoms with Gasteiger partial charge in [-0.05, 0) is 68.0 Å². The number of hydrogen-bond acceptors (Lipinski definition) is 4. The van der Waals surface area contributed by atoms with Crippen molar-refractivity contribution in [3.8, 4) is 6.07 Å². The van der Waals surface area contributed by atoms with Crippen LogP contribution in [0.3, 0.4) is 0 Å². The smallest absolute Gasteiger partial charge is 0.410 e. The van der Waals surface area contributed by atoms with E-state index in [9.17, 15) is 14.9 Å². The van der Waals surface area contributed by atoms with Gasteiger partial charge < -0.3 is 10.1 Å². The lowest BCUT2D eigenvalue weighted by molar-refractivity contribution is -0.141. The van der Waals surface area contributed by atoms with Crippen molar-refractivity contribution in [1.29, 1.82) is 5.26 Å². The van der Waals surface area contributed by atoms with Crippen molar-refractivity contribution in [3.05, 3.63) is 70.2 Å². The van der Waals surface area contributed by atoms with E-state index in [4.69, 9.17) is 16.3 Å². The highest BCUT2D eigenvalue weighted by Crippen LogP contribution is 2.36. The molecule has 0 saturated carbocycles. The minimum Gasteiger partial charge on any atom is -0.449 e. The lowest BCUT2D eigenvalue weighted by Gasteiger charge is -2.50. The number of ether oxygens (including phenoxy) is 1. The molecule has 0 bridgehead atoms. The number of unbranched alkanes of at least 4 members (excludes halogenated alkanes) is 1. The minimum absolute atomic E-state index is 0.0765. The van der Waals surface area contributed by atoms with Crippen LogP contribution in [-0.4, -0.2) is 41.6 Å². The molecule has 6 nitrogen and oxygen atoms in total. The van der Waals surface area contributed by atoms with Crippen LogP contribution in [-0.2, 0) is 16.0 Å². The zero-order valence-electron chi connectivity index (χ0n) is 20.7. The summed E-state index contributed by atoms with van der Waals surface area (Å²) >= 11 is 6.07. The van der Waals surface area contributed by atoms with Crippen LogP contribution in [0.15, 0.2) is 48.5 Å². The van der Waals surface area contributed by atoms with E-state index in [1.165, 1.54) is 0 Å². The van der Waals surface area contributed by atoms with Crippen LogP contribution < -0.4 is 5.32 Å². The first-order chi connectivity index (χ1) is 16.8. The third-order valence-corrected chi connectivity index (χ3v) is 7.24. The summed E-state index contributed by atoms with van der Waals surface area (Å²) in [7, 11) is 0. The minimum atomic E-state index is -0.892. The Labute approximate surface area is 213 Å². The highest BCUT2D eigenvalue weighted by molar-refractivity contribution is 6.30. The maximum Gasteiger partial charge on any atom is 0.410 e. The summed E-state index contributed by atoms with van der Waals surface area (Å²) in [5, 5.41) is 13.3. The summed E-state index contributed by atoms with van der Waals surface area (Å²) in [5.74, 6) is -0.240. The van der Waals surface area contributed by atoms with Gasteiger partial charge in [0.1, 0.15) is 5.54 Å². The molecule has 3 atom stereocenters. The largest absolute Gasteiger partial charge is 0.449 e. The molecule has 1 heterocycles. The number of carbonyl (C=O) groups excluding carboxylic acids is 2. The van der Waals surface area contributed by atoms with Gasteiger partial charge in [0.25, 0.3) is 0 Å². The average molecular weight is 496 g/mol. The average Bonchev–Trinajstić information content (AvgIpc) is 2.83. The quantitative estimate of drug-likeness (QED) is 0.420. The predicted octanol–water partition coefficient (Wildman–Crippen LogP) is 5.83. The van der Waals surface area contributed by atoms with E-state index in [2.05, 4.69) is 11.4 Å². The Morgan fingerprint density at radius 1 is 1.23 bits per heavy atom. The standard InChI is InChI=1S/C28H34ClN3O3/c1-4-6-16-35-27(34)32-15-14-28(32,5-2)26(33)31-20(3)25(18-21-10-12-24(29)13-11-21)23-9-7-8-22(17-23)19-30/h7-13,17,20,25H,4-6,14-16,18H2,1-3H3,(H,31,33)/t20?,25-,28?/m1/s1. The first kappa shape index (κ1) is 26.6. The molecule has 1 saturated heterocycles. The fourth-order valence-electron chi connectivity index (χ4n) is 4.64. The first-order valence-corrected chi connectivity index (χ1v) is 12.7. The number of rotatable bonds is 10. The Morgan fingerprint density at radius 3 is 2.57 bits per heavy atom. The molecule has 2 aromatic carbocycles. The van der Waals surface area contributed by atoms with E-state index in [0.29, 0.717) is 43.0 Å². The van der Waals surface area contributed by atoms with Gasteiger partial charge in [0.2, 0.25) is 5.91 Å². The lowest BCUT2D eigenvalue weighted by atomic mass is 9.80. The summed E-state index contributed by atoms with van der Waals surface area (Å²) in [6.07, 6.45) is 3.10. The van der Waals surface area contributed by atoms with Gasteiger partial charge >= 0.3 is 6.09 Å². The Hall–Kier alpha value is -3.04. The van der Waals surface area contributed by atoms with Crippen molar-refractivity contribution in [2.24, 2.45) is 0 Å². The van der Waals surface area contributed by atoms with Gasteiger partial charge in [-0.25, -0.2) is 4.79 Å². The third-order valence-electron chi connectivity index (χ3n) is 6.99. The SMILES string of the molecule is CCCCOC(=O)N1CCC1(CC)C(=O)NC(C)[C@@H](Cc1ccc(Cl)cc1)c1cccc(C#N)c1. The molecule has 186 valence electrons. The van der Waals surface area contributed by atoms with E-state index in [-0.39, 0.29) is 17.9 Å². The van der Waals surface area contributed by atoms with E-state index in [0.717, 1.165) is 24.0 Å². The van der Waals surface area contributed by atoms with Crippen LogP contribution in [0.4, 0.5) is 4.79 Å². The van der Waals surface area contributed by atoms with E-state index < -0.39 is 11.6 Å². The molecule has 1 fully saturated rings. The monoisotopic (exact) mass is 495 g/mol. The van der Waals surface area contributed by atoms with Crippen molar-refractivity contribution in [1.82, 2.24) is 10.2 Å². The van der Waals surface area contributed by atoms with Crippen LogP contribution in [0.5, 0.6) is 0 Å². The van der Waals surface area contributed by atoms with Crippen LogP contribution in [0, 0.1) is 11.3 Å². The molecule has 1 aliphatic rings. The summed E-state index contributed by atoms with van der Waals surface area (Å²) in [4.78, 5) is 27.8. The second-order valence-corrected chi connectivity index (χ2v) is 9.63. The maximum atomic E-state index is 13.6. The van der Waals surface area contributed by atoms with Crippen LogP contribution >= 0.6 is 11.6 Å². The Kier molecular flexibility index (Phi) is 9.17. The number of amides is 2. The number of hydrogen-bond donors (Lipinski definition) is 1. The van der Waals surface area contributed by atoms with Crippen molar-refractivity contribution < 1.29 is 14.3 Å². The molecule has 1 aliphatic heterocycles. The number of nitrogens with one attached hydrogen (secondary N) is 1. The number of nitriles is 1. The molecule has 0 spiro atoms. The molecule has 0 radical (unpaired) electrons. The van der Waals surface area contributed by atoms with Crippen molar-refractivity contribution in [3.63, 3.8) is 0 Å². The van der Waals surface area contributed by atoms with Crippen LogP contribution in [0.2, 0.25) is 5.02 Å². The molecule has 1 N–H and O–H groups in total. The van der Waals surface area contributed by atoms with E-state index >= 15 is 0 Å². The first-order valence-electron chi connectivity index (χ1n) is 12.3. The number of benzene rings is 2. The van der Waals surface area contributed by atoms with Gasteiger partial charge in [0, 0.05) is 23.5 Å². The zero-order chi connectivity index (χ0) is 25.4.